The van der Waals surface area contributed by atoms with Crippen LogP contribution >= 0.6 is 0 Å². The van der Waals surface area contributed by atoms with Crippen LogP contribution in [0.4, 0.5) is 5.82 Å². The van der Waals surface area contributed by atoms with E-state index < -0.39 is 11.2 Å². The van der Waals surface area contributed by atoms with E-state index in [1.807, 2.05) is 4.68 Å². The van der Waals surface area contributed by atoms with E-state index in [2.05, 4.69) is 20.3 Å². The molecule has 1 aliphatic carbocycles. The second-order valence-electron chi connectivity index (χ2n) is 4.84. The normalized spacial score (nSPS) is 18.8. The molecule has 102 valence electrons. The summed E-state index contributed by atoms with van der Waals surface area (Å²) in [6, 6.07) is 0.311. The van der Waals surface area contributed by atoms with Crippen molar-refractivity contribution >= 4 is 28.2 Å². The van der Waals surface area contributed by atoms with Crippen LogP contribution in [0.2, 0.25) is 0 Å². The molecule has 8 heteroatoms. The lowest BCUT2D eigenvalue weighted by Crippen LogP contribution is -2.15. The average molecular weight is 280 g/mol. The van der Waals surface area contributed by atoms with Gasteiger partial charge in [-0.2, -0.15) is 9.97 Å². The van der Waals surface area contributed by atoms with E-state index >= 15 is 0 Å². The standard InChI is InChI=1S/C11H16N6OS/c1-19(18)11-13-9(12)8-10(14-11)17(16-15-8)7-5-3-2-4-6-7/h7H,2-6H2,1H3,(H2,12,13,14). The van der Waals surface area contributed by atoms with Crippen LogP contribution in [0.25, 0.3) is 11.2 Å². The summed E-state index contributed by atoms with van der Waals surface area (Å²) in [5, 5.41) is 8.46. The highest BCUT2D eigenvalue weighted by atomic mass is 32.2. The number of hydrogen-bond acceptors (Lipinski definition) is 6. The van der Waals surface area contributed by atoms with E-state index in [-0.39, 0.29) is 11.0 Å². The summed E-state index contributed by atoms with van der Waals surface area (Å²) in [5.74, 6) is 0.247. The van der Waals surface area contributed by atoms with Gasteiger partial charge in [0.2, 0.25) is 0 Å². The molecule has 0 aliphatic heterocycles. The van der Waals surface area contributed by atoms with Crippen LogP contribution in [0, 0.1) is 0 Å². The summed E-state index contributed by atoms with van der Waals surface area (Å²) in [5.41, 5.74) is 6.94. The largest absolute Gasteiger partial charge is 0.609 e. The molecule has 1 unspecified atom stereocenters. The maximum atomic E-state index is 11.5. The molecule has 1 fully saturated rings. The summed E-state index contributed by atoms with van der Waals surface area (Å²) >= 11 is -1.26. The predicted octanol–water partition coefficient (Wildman–Crippen LogP) is 1.05. The number of rotatable bonds is 2. The lowest BCUT2D eigenvalue weighted by Gasteiger charge is -2.21. The number of hydrogen-bond donors (Lipinski definition) is 1. The van der Waals surface area contributed by atoms with Gasteiger partial charge in [0, 0.05) is 11.2 Å². The first kappa shape index (κ1) is 12.6. The second kappa shape index (κ2) is 4.93. The molecule has 2 aromatic rings. The quantitative estimate of drug-likeness (QED) is 0.651. The number of nitrogen functional groups attached to an aromatic ring is 1. The summed E-state index contributed by atoms with van der Waals surface area (Å²) in [6.07, 6.45) is 7.35. The van der Waals surface area contributed by atoms with Gasteiger partial charge in [-0.1, -0.05) is 24.5 Å². The maximum absolute atomic E-state index is 11.5. The van der Waals surface area contributed by atoms with E-state index in [1.165, 1.54) is 25.5 Å². The Labute approximate surface area is 113 Å². The van der Waals surface area contributed by atoms with Crippen molar-refractivity contribution in [2.24, 2.45) is 0 Å². The molecule has 0 bridgehead atoms. The Kier molecular flexibility index (Phi) is 3.28. The topological polar surface area (TPSA) is 106 Å². The molecule has 1 saturated carbocycles. The van der Waals surface area contributed by atoms with Crippen LogP contribution in [0.15, 0.2) is 5.16 Å². The Hall–Kier alpha value is -1.41. The summed E-state index contributed by atoms with van der Waals surface area (Å²) in [7, 11) is 0. The molecule has 0 radical (unpaired) electrons. The van der Waals surface area contributed by atoms with Crippen molar-refractivity contribution in [3.8, 4) is 0 Å². The number of anilines is 1. The Morgan fingerprint density at radius 2 is 2.00 bits per heavy atom. The predicted molar refractivity (Wildman–Crippen MR) is 72.0 cm³/mol. The van der Waals surface area contributed by atoms with Crippen molar-refractivity contribution in [2.75, 3.05) is 12.0 Å². The van der Waals surface area contributed by atoms with Crippen LogP contribution in [0.3, 0.4) is 0 Å². The highest BCUT2D eigenvalue weighted by Crippen LogP contribution is 2.30. The third-order valence-corrected chi connectivity index (χ3v) is 4.20. The van der Waals surface area contributed by atoms with Crippen LogP contribution in [-0.2, 0) is 11.2 Å². The van der Waals surface area contributed by atoms with Crippen LogP contribution in [-0.4, -0.2) is 35.8 Å². The van der Waals surface area contributed by atoms with Gasteiger partial charge in [0.25, 0.3) is 0 Å². The minimum atomic E-state index is -1.26. The van der Waals surface area contributed by atoms with E-state index in [1.54, 1.807) is 0 Å². The SMILES string of the molecule is C[S+]([O-])c1nc(N)c2nnn(C3CCCCC3)c2n1. The molecule has 2 N–H and O–H groups in total. The molecule has 19 heavy (non-hydrogen) atoms. The molecule has 7 nitrogen and oxygen atoms in total. The molecule has 0 aromatic carbocycles. The zero-order valence-corrected chi connectivity index (χ0v) is 11.6. The second-order valence-corrected chi connectivity index (χ2v) is 6.12. The summed E-state index contributed by atoms with van der Waals surface area (Å²) < 4.78 is 13.4. The van der Waals surface area contributed by atoms with E-state index in [4.69, 9.17) is 5.73 Å². The van der Waals surface area contributed by atoms with E-state index in [0.29, 0.717) is 17.2 Å². The van der Waals surface area contributed by atoms with E-state index in [9.17, 15) is 4.55 Å². The third-order valence-electron chi connectivity index (χ3n) is 3.51. The fourth-order valence-electron chi connectivity index (χ4n) is 2.53. The molecule has 0 spiro atoms. The molecule has 2 heterocycles. The van der Waals surface area contributed by atoms with Crippen LogP contribution in [0.5, 0.6) is 0 Å². The highest BCUT2D eigenvalue weighted by molar-refractivity contribution is 7.90. The van der Waals surface area contributed by atoms with Gasteiger partial charge in [-0.25, -0.2) is 4.68 Å². The zero-order chi connectivity index (χ0) is 13.4. The molecular weight excluding hydrogens is 264 g/mol. The first-order valence-electron chi connectivity index (χ1n) is 6.38. The lowest BCUT2D eigenvalue weighted by molar-refractivity contribution is 0.330. The van der Waals surface area contributed by atoms with Crippen molar-refractivity contribution in [2.45, 2.75) is 43.3 Å². The lowest BCUT2D eigenvalue weighted by atomic mass is 9.96. The Bertz CT molecular complexity index is 592. The number of nitrogens with zero attached hydrogens (tertiary/aromatic N) is 5. The first-order valence-corrected chi connectivity index (χ1v) is 7.94. The molecule has 3 rings (SSSR count). The van der Waals surface area contributed by atoms with Crippen molar-refractivity contribution in [1.29, 1.82) is 0 Å². The first-order chi connectivity index (χ1) is 9.16. The third kappa shape index (κ3) is 2.25. The van der Waals surface area contributed by atoms with E-state index in [0.717, 1.165) is 12.8 Å². The van der Waals surface area contributed by atoms with Crippen molar-refractivity contribution in [3.05, 3.63) is 0 Å². The van der Waals surface area contributed by atoms with Crippen LogP contribution in [0.1, 0.15) is 38.1 Å². The summed E-state index contributed by atoms with van der Waals surface area (Å²) in [4.78, 5) is 8.33. The molecule has 0 saturated heterocycles. The minimum absolute atomic E-state index is 0.240. The van der Waals surface area contributed by atoms with Gasteiger partial charge in [0.1, 0.15) is 6.26 Å². The van der Waals surface area contributed by atoms with Gasteiger partial charge >= 0.3 is 5.16 Å². The number of nitrogens with two attached hydrogens (primary N) is 1. The fourth-order valence-corrected chi connectivity index (χ4v) is 2.97. The van der Waals surface area contributed by atoms with Gasteiger partial charge < -0.3 is 10.3 Å². The average Bonchev–Trinajstić information content (AvgIpc) is 2.84. The number of aromatic nitrogens is 5. The van der Waals surface area contributed by atoms with Crippen molar-refractivity contribution < 1.29 is 4.55 Å². The minimum Gasteiger partial charge on any atom is -0.609 e. The smallest absolute Gasteiger partial charge is 0.346 e. The maximum Gasteiger partial charge on any atom is 0.346 e. The van der Waals surface area contributed by atoms with Gasteiger partial charge in [0.05, 0.1) is 6.04 Å². The van der Waals surface area contributed by atoms with Gasteiger partial charge in [0.15, 0.2) is 17.0 Å². The van der Waals surface area contributed by atoms with Gasteiger partial charge in [-0.15, -0.1) is 5.10 Å². The highest BCUT2D eigenvalue weighted by Gasteiger charge is 2.23. The fraction of sp³-hybridized carbons (Fsp3) is 0.636. The molecule has 0 amide bonds. The van der Waals surface area contributed by atoms with Crippen LogP contribution < -0.4 is 5.73 Å². The monoisotopic (exact) mass is 280 g/mol. The Morgan fingerprint density at radius 1 is 1.26 bits per heavy atom. The molecule has 2 aromatic heterocycles. The number of fused-ring (bicyclic) bond motifs is 1. The van der Waals surface area contributed by atoms with Crippen molar-refractivity contribution in [1.82, 2.24) is 25.0 Å². The van der Waals surface area contributed by atoms with Gasteiger partial charge in [-0.05, 0) is 12.8 Å². The Morgan fingerprint density at radius 3 is 2.68 bits per heavy atom. The molecule has 1 atom stereocenters. The Balaban J connectivity index is 2.09. The zero-order valence-electron chi connectivity index (χ0n) is 10.7. The van der Waals surface area contributed by atoms with Gasteiger partial charge in [-0.3, -0.25) is 0 Å². The molecular formula is C11H16N6OS. The van der Waals surface area contributed by atoms with Crippen molar-refractivity contribution in [3.63, 3.8) is 0 Å². The summed E-state index contributed by atoms with van der Waals surface area (Å²) in [6.45, 7) is 0. The molecule has 1 aliphatic rings.